The molecule has 1 aliphatic rings. The Hall–Kier alpha value is -4.49. The minimum atomic E-state index is -5.06. The van der Waals surface area contributed by atoms with Gasteiger partial charge >= 0.3 is 12.1 Å². The number of carbonyl (C=O) groups excluding carboxylic acids is 2. The third-order valence-electron chi connectivity index (χ3n) is 7.31. The van der Waals surface area contributed by atoms with E-state index in [0.717, 1.165) is 23.2 Å². The van der Waals surface area contributed by atoms with E-state index >= 15 is 0 Å². The molecule has 0 spiro atoms. The minimum absolute atomic E-state index is 0.0781. The fourth-order valence-electron chi connectivity index (χ4n) is 5.32. The Labute approximate surface area is 242 Å². The van der Waals surface area contributed by atoms with Crippen LogP contribution in [0.2, 0.25) is 0 Å². The van der Waals surface area contributed by atoms with E-state index in [-0.39, 0.29) is 48.3 Å². The van der Waals surface area contributed by atoms with Crippen LogP contribution in [0.1, 0.15) is 63.7 Å². The molecule has 1 N–H and O–H groups in total. The molecular formula is C29H28F5N3O6. The molecule has 0 radical (unpaired) electrons. The van der Waals surface area contributed by atoms with Crippen LogP contribution in [0.4, 0.5) is 22.0 Å². The summed E-state index contributed by atoms with van der Waals surface area (Å²) in [7, 11) is 2.58. The number of amides is 1. The van der Waals surface area contributed by atoms with Crippen LogP contribution in [0, 0.1) is 17.6 Å². The number of Topliss-reactive ketones (excluding diaryl/α,β-unsaturated/α-hetero) is 1. The molecule has 0 aliphatic heterocycles. The number of ketones is 1. The molecule has 1 amide bonds. The van der Waals surface area contributed by atoms with Gasteiger partial charge in [-0.3, -0.25) is 19.1 Å². The molecule has 1 fully saturated rings. The first kappa shape index (κ1) is 31.4. The van der Waals surface area contributed by atoms with Crippen molar-refractivity contribution >= 4 is 17.7 Å². The average Bonchev–Trinajstić information content (AvgIpc) is 3.41. The van der Waals surface area contributed by atoms with Gasteiger partial charge in [0.1, 0.15) is 28.7 Å². The summed E-state index contributed by atoms with van der Waals surface area (Å²) in [5.41, 5.74) is -2.44. The maximum atomic E-state index is 14.5. The molecule has 9 nitrogen and oxygen atoms in total. The van der Waals surface area contributed by atoms with Gasteiger partial charge in [-0.25, -0.2) is 8.78 Å². The van der Waals surface area contributed by atoms with Gasteiger partial charge in [-0.05, 0) is 55.5 Å². The predicted molar refractivity (Wildman–Crippen MR) is 141 cm³/mol. The first-order valence-corrected chi connectivity index (χ1v) is 13.2. The standard InChI is InChI=1S/C29H28F5N3O6/c1-42-23-4-3-5-24(43-2)25(23)22(38)15-36(14-16-10-18(30)12-19(31)11-16)27(39)21-13-35-37(26(21)29(32,33)34)20-8-6-17(7-9-20)28(40)41/h3-5,10-13,17,20H,6-9,14-15H2,1-2H3,(H,40,41). The molecule has 1 aromatic heterocycles. The Bertz CT molecular complexity index is 1470. The maximum absolute atomic E-state index is 14.5. The topological polar surface area (TPSA) is 111 Å². The number of hydrogen-bond acceptors (Lipinski definition) is 6. The zero-order chi connectivity index (χ0) is 31.5. The van der Waals surface area contributed by atoms with Crippen LogP contribution in [0.5, 0.6) is 11.5 Å². The second-order valence-electron chi connectivity index (χ2n) is 10.1. The highest BCUT2D eigenvalue weighted by Gasteiger charge is 2.43. The van der Waals surface area contributed by atoms with E-state index in [4.69, 9.17) is 9.47 Å². The molecule has 43 heavy (non-hydrogen) atoms. The predicted octanol–water partition coefficient (Wildman–Crippen LogP) is 5.54. The van der Waals surface area contributed by atoms with Gasteiger partial charge in [0.2, 0.25) is 0 Å². The molecule has 1 heterocycles. The molecule has 230 valence electrons. The highest BCUT2D eigenvalue weighted by molar-refractivity contribution is 6.05. The van der Waals surface area contributed by atoms with Gasteiger partial charge in [0.15, 0.2) is 11.5 Å². The van der Waals surface area contributed by atoms with E-state index in [1.54, 1.807) is 6.07 Å². The first-order valence-electron chi connectivity index (χ1n) is 13.2. The van der Waals surface area contributed by atoms with Crippen LogP contribution >= 0.6 is 0 Å². The van der Waals surface area contributed by atoms with Crippen molar-refractivity contribution in [3.63, 3.8) is 0 Å². The summed E-state index contributed by atoms with van der Waals surface area (Å²) in [6.45, 7) is -1.43. The number of nitrogens with zero attached hydrogens (tertiary/aromatic N) is 3. The van der Waals surface area contributed by atoms with Gasteiger partial charge < -0.3 is 19.5 Å². The second kappa shape index (κ2) is 12.8. The number of ether oxygens (including phenoxy) is 2. The van der Waals surface area contributed by atoms with Crippen LogP contribution in [-0.4, -0.2) is 58.2 Å². The Kier molecular flexibility index (Phi) is 9.36. The number of aliphatic carboxylic acids is 1. The summed E-state index contributed by atoms with van der Waals surface area (Å²) in [5, 5.41) is 13.1. The number of alkyl halides is 3. The molecule has 1 saturated carbocycles. The Morgan fingerprint density at radius 3 is 2.09 bits per heavy atom. The fourth-order valence-corrected chi connectivity index (χ4v) is 5.32. The van der Waals surface area contributed by atoms with Gasteiger partial charge in [0.25, 0.3) is 5.91 Å². The van der Waals surface area contributed by atoms with Crippen LogP contribution in [0.25, 0.3) is 0 Å². The SMILES string of the molecule is COc1cccc(OC)c1C(=O)CN(Cc1cc(F)cc(F)c1)C(=O)c1cnn(C2CCC(C(=O)O)CC2)c1C(F)(F)F. The van der Waals surface area contributed by atoms with Crippen molar-refractivity contribution in [2.24, 2.45) is 5.92 Å². The number of rotatable bonds is 10. The summed E-state index contributed by atoms with van der Waals surface area (Å²) in [4.78, 5) is 39.3. The van der Waals surface area contributed by atoms with E-state index in [9.17, 15) is 41.4 Å². The van der Waals surface area contributed by atoms with E-state index < -0.39 is 71.8 Å². The van der Waals surface area contributed by atoms with Crippen LogP contribution < -0.4 is 9.47 Å². The summed E-state index contributed by atoms with van der Waals surface area (Å²) in [6, 6.07) is 6.01. The van der Waals surface area contributed by atoms with Crippen molar-refractivity contribution < 1.29 is 50.9 Å². The highest BCUT2D eigenvalue weighted by Crippen LogP contribution is 2.39. The van der Waals surface area contributed by atoms with Crippen molar-refractivity contribution in [3.05, 3.63) is 76.6 Å². The first-order chi connectivity index (χ1) is 20.3. The molecule has 14 heteroatoms. The highest BCUT2D eigenvalue weighted by atomic mass is 19.4. The lowest BCUT2D eigenvalue weighted by atomic mass is 9.86. The van der Waals surface area contributed by atoms with E-state index in [0.29, 0.717) is 10.7 Å². The number of hydrogen-bond donors (Lipinski definition) is 1. The summed E-state index contributed by atoms with van der Waals surface area (Å²) >= 11 is 0. The minimum Gasteiger partial charge on any atom is -0.496 e. The van der Waals surface area contributed by atoms with E-state index in [1.807, 2.05) is 0 Å². The normalized spacial score (nSPS) is 16.9. The average molecular weight is 610 g/mol. The number of benzene rings is 2. The maximum Gasteiger partial charge on any atom is 0.433 e. The lowest BCUT2D eigenvalue weighted by Crippen LogP contribution is -2.37. The second-order valence-corrected chi connectivity index (χ2v) is 10.1. The summed E-state index contributed by atoms with van der Waals surface area (Å²) in [5.74, 6) is -5.57. The Balaban J connectivity index is 1.75. The monoisotopic (exact) mass is 609 g/mol. The van der Waals surface area contributed by atoms with Crippen molar-refractivity contribution in [1.82, 2.24) is 14.7 Å². The van der Waals surface area contributed by atoms with E-state index in [1.165, 1.54) is 26.4 Å². The van der Waals surface area contributed by atoms with Gasteiger partial charge in [0.05, 0.1) is 44.5 Å². The molecule has 3 aromatic rings. The summed E-state index contributed by atoms with van der Waals surface area (Å²) < 4.78 is 82.5. The molecule has 1 aliphatic carbocycles. The third kappa shape index (κ3) is 6.95. The fraction of sp³-hybridized carbons (Fsp3) is 0.379. The number of aromatic nitrogens is 2. The molecule has 0 saturated heterocycles. The lowest BCUT2D eigenvalue weighted by molar-refractivity contribution is -0.147. The quantitative estimate of drug-likeness (QED) is 0.238. The molecule has 0 atom stereocenters. The molecular weight excluding hydrogens is 581 g/mol. The summed E-state index contributed by atoms with van der Waals surface area (Å²) in [6.07, 6.45) is -3.87. The molecule has 0 unspecified atom stereocenters. The van der Waals surface area contributed by atoms with Crippen LogP contribution in [0.3, 0.4) is 0 Å². The lowest BCUT2D eigenvalue weighted by Gasteiger charge is -2.28. The molecule has 0 bridgehead atoms. The largest absolute Gasteiger partial charge is 0.496 e. The zero-order valence-electron chi connectivity index (χ0n) is 23.2. The van der Waals surface area contributed by atoms with Crippen LogP contribution in [-0.2, 0) is 17.5 Å². The van der Waals surface area contributed by atoms with Gasteiger partial charge in [-0.1, -0.05) is 6.07 Å². The van der Waals surface area contributed by atoms with Gasteiger partial charge in [-0.15, -0.1) is 0 Å². The zero-order valence-corrected chi connectivity index (χ0v) is 23.2. The van der Waals surface area contributed by atoms with Gasteiger partial charge in [0, 0.05) is 12.6 Å². The van der Waals surface area contributed by atoms with Crippen LogP contribution in [0.15, 0.2) is 42.6 Å². The molecule has 4 rings (SSSR count). The smallest absolute Gasteiger partial charge is 0.433 e. The van der Waals surface area contributed by atoms with Crippen molar-refractivity contribution in [3.8, 4) is 11.5 Å². The third-order valence-corrected chi connectivity index (χ3v) is 7.31. The number of methoxy groups -OCH3 is 2. The number of carboxylic acids is 1. The van der Waals surface area contributed by atoms with E-state index in [2.05, 4.69) is 5.10 Å². The van der Waals surface area contributed by atoms with Crippen molar-refractivity contribution in [2.75, 3.05) is 20.8 Å². The Morgan fingerprint density at radius 2 is 1.58 bits per heavy atom. The number of halogens is 5. The van der Waals surface area contributed by atoms with Crippen molar-refractivity contribution in [2.45, 2.75) is 44.4 Å². The molecule has 2 aromatic carbocycles. The number of carbonyl (C=O) groups is 3. The van der Waals surface area contributed by atoms with Crippen molar-refractivity contribution in [1.29, 1.82) is 0 Å². The number of carboxylic acid groups (broad SMARTS) is 1. The van der Waals surface area contributed by atoms with Gasteiger partial charge in [-0.2, -0.15) is 18.3 Å². The Morgan fingerprint density at radius 1 is 1.00 bits per heavy atom.